The van der Waals surface area contributed by atoms with Gasteiger partial charge >= 0.3 is 0 Å². The number of aryl methyl sites for hydroxylation is 1. The quantitative estimate of drug-likeness (QED) is 0.544. The van der Waals surface area contributed by atoms with Crippen molar-refractivity contribution in [3.05, 3.63) is 29.8 Å². The highest BCUT2D eigenvalue weighted by Gasteiger charge is 1.97. The number of unbranched alkanes of at least 4 members (excludes halogenated alkanes) is 3. The van der Waals surface area contributed by atoms with Crippen LogP contribution in [0.1, 0.15) is 44.6 Å². The van der Waals surface area contributed by atoms with Crippen LogP contribution < -0.4 is 10.5 Å². The van der Waals surface area contributed by atoms with E-state index >= 15 is 0 Å². The van der Waals surface area contributed by atoms with Crippen LogP contribution in [0.25, 0.3) is 0 Å². The first-order valence-electron chi connectivity index (χ1n) is 6.72. The van der Waals surface area contributed by atoms with Gasteiger partial charge < -0.3 is 10.5 Å². The highest BCUT2D eigenvalue weighted by molar-refractivity contribution is 7.80. The molecule has 0 amide bonds. The first-order valence-corrected chi connectivity index (χ1v) is 7.13. The van der Waals surface area contributed by atoms with Gasteiger partial charge in [0, 0.05) is 6.42 Å². The smallest absolute Gasteiger partial charge is 0.119 e. The fraction of sp³-hybridized carbons (Fsp3) is 0.533. The van der Waals surface area contributed by atoms with Gasteiger partial charge in [-0.3, -0.25) is 0 Å². The van der Waals surface area contributed by atoms with Crippen LogP contribution >= 0.6 is 12.2 Å². The van der Waals surface area contributed by atoms with Crippen molar-refractivity contribution in [1.29, 1.82) is 0 Å². The molecule has 0 heterocycles. The molecule has 1 aromatic rings. The van der Waals surface area contributed by atoms with Crippen molar-refractivity contribution in [3.63, 3.8) is 0 Å². The molecule has 0 aliphatic carbocycles. The van der Waals surface area contributed by atoms with Gasteiger partial charge in [-0.1, -0.05) is 50.5 Å². The molecule has 3 heteroatoms. The van der Waals surface area contributed by atoms with Crippen LogP contribution in [0.2, 0.25) is 0 Å². The van der Waals surface area contributed by atoms with Gasteiger partial charge in [0.1, 0.15) is 5.75 Å². The van der Waals surface area contributed by atoms with Gasteiger partial charge in [0.25, 0.3) is 0 Å². The normalized spacial score (nSPS) is 10.3. The van der Waals surface area contributed by atoms with Crippen molar-refractivity contribution in [3.8, 4) is 5.75 Å². The molecule has 0 saturated carbocycles. The molecule has 0 fully saturated rings. The number of rotatable bonds is 9. The van der Waals surface area contributed by atoms with Crippen LogP contribution in [0.15, 0.2) is 24.3 Å². The van der Waals surface area contributed by atoms with Crippen molar-refractivity contribution < 1.29 is 4.74 Å². The summed E-state index contributed by atoms with van der Waals surface area (Å²) in [6, 6.07) is 8.21. The van der Waals surface area contributed by atoms with Gasteiger partial charge in [-0.2, -0.15) is 0 Å². The lowest BCUT2D eigenvalue weighted by Gasteiger charge is -2.07. The van der Waals surface area contributed by atoms with Crippen LogP contribution in [0, 0.1) is 0 Å². The van der Waals surface area contributed by atoms with Gasteiger partial charge in [0.2, 0.25) is 0 Å². The van der Waals surface area contributed by atoms with E-state index < -0.39 is 0 Å². The molecule has 1 rings (SSSR count). The highest BCUT2D eigenvalue weighted by atomic mass is 32.1. The van der Waals surface area contributed by atoms with E-state index in [9.17, 15) is 0 Å². The molecular weight excluding hydrogens is 242 g/mol. The molecule has 0 radical (unpaired) electrons. The van der Waals surface area contributed by atoms with E-state index in [2.05, 4.69) is 19.1 Å². The Labute approximate surface area is 116 Å². The minimum atomic E-state index is 0.575. The zero-order chi connectivity index (χ0) is 13.2. The predicted molar refractivity (Wildman–Crippen MR) is 81.2 cm³/mol. The lowest BCUT2D eigenvalue weighted by molar-refractivity contribution is 0.305. The predicted octanol–water partition coefficient (Wildman–Crippen LogP) is 3.86. The van der Waals surface area contributed by atoms with Crippen molar-refractivity contribution in [2.75, 3.05) is 6.61 Å². The third-order valence-electron chi connectivity index (χ3n) is 2.85. The number of benzene rings is 1. The Morgan fingerprint density at radius 3 is 2.50 bits per heavy atom. The van der Waals surface area contributed by atoms with Crippen molar-refractivity contribution in [2.45, 2.75) is 45.4 Å². The molecule has 0 spiro atoms. The maximum Gasteiger partial charge on any atom is 0.119 e. The molecule has 1 aromatic carbocycles. The van der Waals surface area contributed by atoms with Crippen molar-refractivity contribution in [1.82, 2.24) is 0 Å². The molecule has 0 aromatic heterocycles. The summed E-state index contributed by atoms with van der Waals surface area (Å²) in [7, 11) is 0. The minimum absolute atomic E-state index is 0.575. The van der Waals surface area contributed by atoms with Gasteiger partial charge in [-0.25, -0.2) is 0 Å². The molecule has 18 heavy (non-hydrogen) atoms. The number of hydrogen-bond acceptors (Lipinski definition) is 2. The van der Waals surface area contributed by atoms with E-state index in [1.165, 1.54) is 24.8 Å². The van der Waals surface area contributed by atoms with Gasteiger partial charge in [0.15, 0.2) is 0 Å². The summed E-state index contributed by atoms with van der Waals surface area (Å²) < 4.78 is 5.68. The van der Waals surface area contributed by atoms with Crippen LogP contribution in [-0.2, 0) is 6.42 Å². The monoisotopic (exact) mass is 265 g/mol. The van der Waals surface area contributed by atoms with E-state index in [-0.39, 0.29) is 0 Å². The molecule has 0 aliphatic rings. The van der Waals surface area contributed by atoms with E-state index in [1.807, 2.05) is 12.1 Å². The van der Waals surface area contributed by atoms with Crippen LogP contribution in [-0.4, -0.2) is 11.6 Å². The van der Waals surface area contributed by atoms with E-state index in [4.69, 9.17) is 22.7 Å². The maximum absolute atomic E-state index is 5.68. The number of hydrogen-bond donors (Lipinski definition) is 1. The zero-order valence-electron chi connectivity index (χ0n) is 11.2. The Kier molecular flexibility index (Phi) is 7.42. The number of ether oxygens (including phenoxy) is 1. The van der Waals surface area contributed by atoms with Gasteiger partial charge in [0.05, 0.1) is 11.6 Å². The van der Waals surface area contributed by atoms with Crippen molar-refractivity contribution >= 4 is 17.2 Å². The Morgan fingerprint density at radius 1 is 1.17 bits per heavy atom. The first kappa shape index (κ1) is 15.0. The van der Waals surface area contributed by atoms with Crippen LogP contribution in [0.5, 0.6) is 5.75 Å². The maximum atomic E-state index is 5.68. The molecule has 0 aliphatic heterocycles. The Bertz CT molecular complexity index is 348. The minimum Gasteiger partial charge on any atom is -0.494 e. The van der Waals surface area contributed by atoms with E-state index in [1.54, 1.807) is 0 Å². The fourth-order valence-electron chi connectivity index (χ4n) is 1.74. The second-order valence-electron chi connectivity index (χ2n) is 4.52. The standard InChI is InChI=1S/C15H23NOS/c1-2-3-4-5-12-17-14-9-6-13(7-10-14)8-11-15(16)18/h6-7,9-10H,2-5,8,11-12H2,1H3,(H2,16,18). The fourth-order valence-corrected chi connectivity index (χ4v) is 1.84. The van der Waals surface area contributed by atoms with Crippen LogP contribution in [0.4, 0.5) is 0 Å². The lowest BCUT2D eigenvalue weighted by atomic mass is 10.1. The summed E-state index contributed by atoms with van der Waals surface area (Å²) in [6.45, 7) is 3.03. The molecular formula is C15H23NOS. The summed E-state index contributed by atoms with van der Waals surface area (Å²) in [5.41, 5.74) is 6.73. The van der Waals surface area contributed by atoms with Crippen LogP contribution in [0.3, 0.4) is 0 Å². The van der Waals surface area contributed by atoms with Gasteiger partial charge in [-0.05, 0) is 30.5 Å². The average molecular weight is 265 g/mol. The third-order valence-corrected chi connectivity index (χ3v) is 3.05. The Balaban J connectivity index is 2.25. The molecule has 0 saturated heterocycles. The summed E-state index contributed by atoms with van der Waals surface area (Å²) in [5.74, 6) is 0.950. The number of thiocarbonyl (C=S) groups is 1. The Morgan fingerprint density at radius 2 is 1.89 bits per heavy atom. The summed E-state index contributed by atoms with van der Waals surface area (Å²) in [6.07, 6.45) is 6.62. The van der Waals surface area contributed by atoms with E-state index in [0.717, 1.165) is 31.6 Å². The molecule has 2 nitrogen and oxygen atoms in total. The average Bonchev–Trinajstić information content (AvgIpc) is 2.37. The summed E-state index contributed by atoms with van der Waals surface area (Å²) >= 11 is 4.87. The van der Waals surface area contributed by atoms with Gasteiger partial charge in [-0.15, -0.1) is 0 Å². The van der Waals surface area contributed by atoms with E-state index in [0.29, 0.717) is 4.99 Å². The van der Waals surface area contributed by atoms with Crippen molar-refractivity contribution in [2.24, 2.45) is 5.73 Å². The molecule has 0 bridgehead atoms. The molecule has 100 valence electrons. The molecule has 2 N–H and O–H groups in total. The summed E-state index contributed by atoms with van der Waals surface area (Å²) in [5, 5.41) is 0. The SMILES string of the molecule is CCCCCCOc1ccc(CCC(N)=S)cc1. The number of nitrogens with two attached hydrogens (primary N) is 1. The molecule has 0 atom stereocenters. The highest BCUT2D eigenvalue weighted by Crippen LogP contribution is 2.14. The first-order chi connectivity index (χ1) is 8.72. The molecule has 0 unspecified atom stereocenters. The largest absolute Gasteiger partial charge is 0.494 e. The Hall–Kier alpha value is -1.09. The zero-order valence-corrected chi connectivity index (χ0v) is 12.0. The summed E-state index contributed by atoms with van der Waals surface area (Å²) in [4.78, 5) is 0.575. The second-order valence-corrected chi connectivity index (χ2v) is 5.04. The lowest BCUT2D eigenvalue weighted by Crippen LogP contribution is -2.08. The third kappa shape index (κ3) is 6.60. The topological polar surface area (TPSA) is 35.2 Å². The second kappa shape index (κ2) is 8.92.